The maximum absolute atomic E-state index is 11.6. The molecule has 0 aliphatic heterocycles. The van der Waals surface area contributed by atoms with E-state index in [1.165, 1.54) is 0 Å². The molecular weight excluding hydrogens is 264 g/mol. The molecule has 2 amide bonds. The number of H-pyrrole nitrogens is 1. The maximum atomic E-state index is 11.6. The molecule has 4 N–H and O–H groups in total. The number of hydrogen-bond donors (Lipinski definition) is 4. The van der Waals surface area contributed by atoms with Gasteiger partial charge in [-0.05, 0) is 12.8 Å². The molecule has 1 aromatic heterocycles. The Morgan fingerprint density at radius 1 is 1.55 bits per heavy atom. The highest BCUT2D eigenvalue weighted by atomic mass is 16.5. The Morgan fingerprint density at radius 2 is 2.35 bits per heavy atom. The minimum absolute atomic E-state index is 0.330. The highest BCUT2D eigenvalue weighted by molar-refractivity contribution is 5.82. The van der Waals surface area contributed by atoms with Gasteiger partial charge in [0.05, 0.1) is 6.33 Å². The van der Waals surface area contributed by atoms with Gasteiger partial charge in [-0.25, -0.2) is 14.6 Å². The first-order valence-corrected chi connectivity index (χ1v) is 6.37. The Hall–Kier alpha value is -2.09. The van der Waals surface area contributed by atoms with Crippen LogP contribution in [0.1, 0.15) is 18.5 Å². The van der Waals surface area contributed by atoms with Gasteiger partial charge < -0.3 is 25.5 Å². The van der Waals surface area contributed by atoms with Gasteiger partial charge in [0.1, 0.15) is 6.04 Å². The van der Waals surface area contributed by atoms with Crippen LogP contribution in [0.4, 0.5) is 4.79 Å². The molecule has 0 saturated carbocycles. The van der Waals surface area contributed by atoms with E-state index >= 15 is 0 Å². The van der Waals surface area contributed by atoms with Crippen LogP contribution in [0.2, 0.25) is 0 Å². The Labute approximate surface area is 116 Å². The van der Waals surface area contributed by atoms with Crippen LogP contribution in [-0.4, -0.2) is 53.4 Å². The zero-order chi connectivity index (χ0) is 14.8. The molecule has 0 aromatic carbocycles. The van der Waals surface area contributed by atoms with E-state index in [1.54, 1.807) is 19.6 Å². The normalized spacial score (nSPS) is 11.8. The molecule has 20 heavy (non-hydrogen) atoms. The number of nitrogens with one attached hydrogen (secondary N) is 3. The summed E-state index contributed by atoms with van der Waals surface area (Å²) in [7, 11) is 1.55. The molecule has 0 saturated heterocycles. The third-order valence-electron chi connectivity index (χ3n) is 2.68. The third-order valence-corrected chi connectivity index (χ3v) is 2.68. The van der Waals surface area contributed by atoms with Crippen molar-refractivity contribution in [2.75, 3.05) is 20.3 Å². The van der Waals surface area contributed by atoms with E-state index in [2.05, 4.69) is 20.6 Å². The van der Waals surface area contributed by atoms with Gasteiger partial charge >= 0.3 is 12.0 Å². The van der Waals surface area contributed by atoms with E-state index < -0.39 is 18.0 Å². The minimum Gasteiger partial charge on any atom is -0.480 e. The van der Waals surface area contributed by atoms with Gasteiger partial charge in [-0.1, -0.05) is 0 Å². The number of imidazole rings is 1. The molecule has 0 aliphatic rings. The number of rotatable bonds is 9. The number of aliphatic carboxylic acids is 1. The van der Waals surface area contributed by atoms with Crippen LogP contribution in [0.15, 0.2) is 12.5 Å². The lowest BCUT2D eigenvalue weighted by Crippen LogP contribution is -2.46. The van der Waals surface area contributed by atoms with Crippen LogP contribution in [0.3, 0.4) is 0 Å². The third kappa shape index (κ3) is 6.19. The van der Waals surface area contributed by atoms with Crippen molar-refractivity contribution in [3.8, 4) is 0 Å². The molecule has 0 aliphatic carbocycles. The van der Waals surface area contributed by atoms with E-state index in [-0.39, 0.29) is 0 Å². The summed E-state index contributed by atoms with van der Waals surface area (Å²) in [4.78, 5) is 29.3. The van der Waals surface area contributed by atoms with Crippen LogP contribution in [0.25, 0.3) is 0 Å². The summed E-state index contributed by atoms with van der Waals surface area (Å²) in [6.07, 6.45) is 4.74. The van der Waals surface area contributed by atoms with Crippen molar-refractivity contribution < 1.29 is 19.4 Å². The summed E-state index contributed by atoms with van der Waals surface area (Å²) in [5.41, 5.74) is 0.903. The standard InChI is InChI=1S/C12H20N4O4/c1-20-6-2-3-10(11(17)18)16-12(19)14-5-4-9-7-13-8-15-9/h7-8,10H,2-6H2,1H3,(H,13,15)(H,17,18)(H2,14,16,19). The van der Waals surface area contributed by atoms with Gasteiger partial charge in [-0.2, -0.15) is 0 Å². The fraction of sp³-hybridized carbons (Fsp3) is 0.583. The average Bonchev–Trinajstić information content (AvgIpc) is 2.91. The molecule has 8 nitrogen and oxygen atoms in total. The molecule has 0 radical (unpaired) electrons. The lowest BCUT2D eigenvalue weighted by molar-refractivity contribution is -0.139. The van der Waals surface area contributed by atoms with Crippen molar-refractivity contribution in [3.63, 3.8) is 0 Å². The van der Waals surface area contributed by atoms with Gasteiger partial charge in [0, 0.05) is 38.6 Å². The van der Waals surface area contributed by atoms with E-state index in [4.69, 9.17) is 9.84 Å². The summed E-state index contributed by atoms with van der Waals surface area (Å²) >= 11 is 0. The fourth-order valence-corrected chi connectivity index (χ4v) is 1.63. The van der Waals surface area contributed by atoms with Crippen molar-refractivity contribution in [2.24, 2.45) is 0 Å². The molecule has 1 unspecified atom stereocenters. The summed E-state index contributed by atoms with van der Waals surface area (Å²) in [6, 6.07) is -1.40. The van der Waals surface area contributed by atoms with E-state index in [0.29, 0.717) is 32.4 Å². The topological polar surface area (TPSA) is 116 Å². The van der Waals surface area contributed by atoms with Crippen LogP contribution in [0, 0.1) is 0 Å². The number of carboxylic acids is 1. The number of hydrogen-bond acceptors (Lipinski definition) is 4. The van der Waals surface area contributed by atoms with Crippen LogP contribution in [0.5, 0.6) is 0 Å². The van der Waals surface area contributed by atoms with E-state index in [9.17, 15) is 9.59 Å². The molecule has 112 valence electrons. The number of amides is 2. The number of ether oxygens (including phenoxy) is 1. The SMILES string of the molecule is COCCCC(NC(=O)NCCc1cnc[nH]1)C(=O)O. The van der Waals surface area contributed by atoms with Crippen molar-refractivity contribution in [3.05, 3.63) is 18.2 Å². The van der Waals surface area contributed by atoms with Crippen molar-refractivity contribution in [1.82, 2.24) is 20.6 Å². The highest BCUT2D eigenvalue weighted by Gasteiger charge is 2.19. The smallest absolute Gasteiger partial charge is 0.326 e. The first-order chi connectivity index (χ1) is 9.63. The quantitative estimate of drug-likeness (QED) is 0.481. The Balaban J connectivity index is 2.24. The number of carbonyl (C=O) groups is 2. The van der Waals surface area contributed by atoms with E-state index in [0.717, 1.165) is 5.69 Å². The predicted molar refractivity (Wildman–Crippen MR) is 71.4 cm³/mol. The maximum Gasteiger partial charge on any atom is 0.326 e. The fourth-order valence-electron chi connectivity index (χ4n) is 1.63. The molecule has 1 rings (SSSR count). The summed E-state index contributed by atoms with van der Waals surface area (Å²) < 4.78 is 4.85. The second kappa shape index (κ2) is 8.92. The second-order valence-electron chi connectivity index (χ2n) is 4.25. The van der Waals surface area contributed by atoms with Crippen molar-refractivity contribution in [1.29, 1.82) is 0 Å². The summed E-state index contributed by atoms with van der Waals surface area (Å²) in [5.74, 6) is -1.05. The number of methoxy groups -OCH3 is 1. The molecular formula is C12H20N4O4. The molecule has 8 heteroatoms. The molecule has 0 spiro atoms. The first-order valence-electron chi connectivity index (χ1n) is 6.37. The average molecular weight is 284 g/mol. The zero-order valence-electron chi connectivity index (χ0n) is 11.4. The second-order valence-corrected chi connectivity index (χ2v) is 4.25. The largest absolute Gasteiger partial charge is 0.480 e. The van der Waals surface area contributed by atoms with Crippen molar-refractivity contribution in [2.45, 2.75) is 25.3 Å². The first kappa shape index (κ1) is 16.0. The number of aromatic nitrogens is 2. The molecule has 0 bridgehead atoms. The number of urea groups is 1. The Bertz CT molecular complexity index is 408. The zero-order valence-corrected chi connectivity index (χ0v) is 11.4. The van der Waals surface area contributed by atoms with Crippen molar-refractivity contribution >= 4 is 12.0 Å². The van der Waals surface area contributed by atoms with Gasteiger partial charge in [-0.3, -0.25) is 0 Å². The Kier molecular flexibility index (Phi) is 7.12. The number of aromatic amines is 1. The highest BCUT2D eigenvalue weighted by Crippen LogP contribution is 1.98. The minimum atomic E-state index is -1.05. The Morgan fingerprint density at radius 3 is 2.95 bits per heavy atom. The number of carboxylic acid groups (broad SMARTS) is 1. The molecule has 0 fully saturated rings. The lowest BCUT2D eigenvalue weighted by Gasteiger charge is -2.14. The van der Waals surface area contributed by atoms with Crippen LogP contribution in [-0.2, 0) is 16.0 Å². The van der Waals surface area contributed by atoms with Gasteiger partial charge in [0.15, 0.2) is 0 Å². The molecule has 1 heterocycles. The van der Waals surface area contributed by atoms with Gasteiger partial charge in [0.2, 0.25) is 0 Å². The number of carbonyl (C=O) groups excluding carboxylic acids is 1. The van der Waals surface area contributed by atoms with Crippen LogP contribution < -0.4 is 10.6 Å². The lowest BCUT2D eigenvalue weighted by atomic mass is 10.1. The molecule has 1 atom stereocenters. The summed E-state index contributed by atoms with van der Waals surface area (Å²) in [5, 5.41) is 14.0. The molecule has 1 aromatic rings. The summed E-state index contributed by atoms with van der Waals surface area (Å²) in [6.45, 7) is 0.866. The van der Waals surface area contributed by atoms with Crippen LogP contribution >= 0.6 is 0 Å². The predicted octanol–water partition coefficient (Wildman–Crippen LogP) is 0.131. The van der Waals surface area contributed by atoms with Gasteiger partial charge in [0.25, 0.3) is 0 Å². The van der Waals surface area contributed by atoms with E-state index in [1.807, 2.05) is 0 Å². The monoisotopic (exact) mass is 284 g/mol. The van der Waals surface area contributed by atoms with Gasteiger partial charge in [-0.15, -0.1) is 0 Å². The number of nitrogens with zero attached hydrogens (tertiary/aromatic N) is 1.